The number of carbonyl (C=O) groups excluding carboxylic acids is 2. The lowest BCUT2D eigenvalue weighted by Gasteiger charge is -2.09. The molecule has 0 aliphatic heterocycles. The van der Waals surface area contributed by atoms with Crippen LogP contribution in [0, 0.1) is 6.92 Å². The van der Waals surface area contributed by atoms with Crippen LogP contribution in [-0.4, -0.2) is 24.8 Å². The molecule has 1 rings (SSSR count). The van der Waals surface area contributed by atoms with Gasteiger partial charge in [0.2, 0.25) is 0 Å². The maximum Gasteiger partial charge on any atom is 0.333 e. The number of hydrogen-bond acceptors (Lipinski definition) is 5. The van der Waals surface area contributed by atoms with Crippen molar-refractivity contribution >= 4 is 23.3 Å². The molecule has 1 aromatic carbocycles. The van der Waals surface area contributed by atoms with Crippen LogP contribution in [-0.2, 0) is 14.3 Å². The van der Waals surface area contributed by atoms with Crippen LogP contribution in [0.25, 0.3) is 0 Å². The van der Waals surface area contributed by atoms with Crippen molar-refractivity contribution in [2.45, 2.75) is 44.4 Å². The summed E-state index contributed by atoms with van der Waals surface area (Å²) < 4.78 is 10.7. The van der Waals surface area contributed by atoms with E-state index in [2.05, 4.69) is 6.58 Å². The highest BCUT2D eigenvalue weighted by Crippen LogP contribution is 2.24. The zero-order valence-electron chi connectivity index (χ0n) is 13.8. The Kier molecular flexibility index (Phi) is 9.14. The number of aryl methyl sites for hydroxylation is 1. The van der Waals surface area contributed by atoms with E-state index in [9.17, 15) is 9.59 Å². The van der Waals surface area contributed by atoms with Crippen LogP contribution in [0.3, 0.4) is 0 Å². The standard InChI is InChI=1S/C18H24O4S/c1-14(2)18(20)22-11-7-5-4-6-10-21-16-8-9-17(23-13-19)15(3)12-16/h8-9,12-13H,1,4-7,10-11H2,2-3H3. The number of carbonyl (C=O) groups is 2. The second-order valence-electron chi connectivity index (χ2n) is 5.32. The Morgan fingerprint density at radius 3 is 2.52 bits per heavy atom. The minimum absolute atomic E-state index is 0.320. The van der Waals surface area contributed by atoms with Crippen LogP contribution < -0.4 is 4.74 Å². The highest BCUT2D eigenvalue weighted by atomic mass is 32.2. The van der Waals surface area contributed by atoms with Gasteiger partial charge in [-0.1, -0.05) is 18.3 Å². The number of ether oxygens (including phenoxy) is 2. The van der Waals surface area contributed by atoms with Crippen LogP contribution in [0.1, 0.15) is 38.2 Å². The lowest BCUT2D eigenvalue weighted by Crippen LogP contribution is -2.06. The molecule has 0 spiro atoms. The van der Waals surface area contributed by atoms with Gasteiger partial charge in [0.25, 0.3) is 0 Å². The third-order valence-electron chi connectivity index (χ3n) is 3.21. The lowest BCUT2D eigenvalue weighted by atomic mass is 10.2. The highest BCUT2D eigenvalue weighted by molar-refractivity contribution is 8.11. The van der Waals surface area contributed by atoms with Gasteiger partial charge in [0.15, 0.2) is 5.62 Å². The fourth-order valence-electron chi connectivity index (χ4n) is 1.93. The Hall–Kier alpha value is -1.75. The Labute approximate surface area is 142 Å². The highest BCUT2D eigenvalue weighted by Gasteiger charge is 2.03. The SMILES string of the molecule is C=C(C)C(=O)OCCCCCCOc1ccc(SC=O)c(C)c1. The van der Waals surface area contributed by atoms with Crippen LogP contribution >= 0.6 is 11.8 Å². The van der Waals surface area contributed by atoms with Gasteiger partial charge in [-0.2, -0.15) is 0 Å². The first-order valence-electron chi connectivity index (χ1n) is 7.71. The molecule has 5 heteroatoms. The molecule has 0 N–H and O–H groups in total. The minimum atomic E-state index is -0.320. The number of unbranched alkanes of at least 4 members (excludes halogenated alkanes) is 3. The first kappa shape index (κ1) is 19.3. The number of esters is 1. The summed E-state index contributed by atoms with van der Waals surface area (Å²) in [5, 5.41) is 0. The Bertz CT molecular complexity index is 540. The summed E-state index contributed by atoms with van der Waals surface area (Å²) in [7, 11) is 0. The molecule has 126 valence electrons. The van der Waals surface area contributed by atoms with E-state index in [-0.39, 0.29) is 5.97 Å². The van der Waals surface area contributed by atoms with Crippen molar-refractivity contribution in [1.82, 2.24) is 0 Å². The van der Waals surface area contributed by atoms with Crippen molar-refractivity contribution in [2.24, 2.45) is 0 Å². The zero-order chi connectivity index (χ0) is 17.1. The van der Waals surface area contributed by atoms with Crippen molar-refractivity contribution in [2.75, 3.05) is 13.2 Å². The summed E-state index contributed by atoms with van der Waals surface area (Å²) in [5.74, 6) is 0.507. The average molecular weight is 336 g/mol. The Balaban J connectivity index is 2.11. The number of rotatable bonds is 11. The third kappa shape index (κ3) is 7.88. The molecule has 0 saturated carbocycles. The summed E-state index contributed by atoms with van der Waals surface area (Å²) in [4.78, 5) is 22.6. The van der Waals surface area contributed by atoms with Gasteiger partial charge in [-0.3, -0.25) is 4.79 Å². The molecule has 0 aliphatic carbocycles. The molecule has 0 bridgehead atoms. The van der Waals surface area contributed by atoms with Gasteiger partial charge in [0.1, 0.15) is 5.75 Å². The number of benzene rings is 1. The molecule has 1 aromatic rings. The van der Waals surface area contributed by atoms with Gasteiger partial charge in [-0.15, -0.1) is 0 Å². The van der Waals surface area contributed by atoms with E-state index in [1.165, 1.54) is 11.8 Å². The zero-order valence-corrected chi connectivity index (χ0v) is 14.6. The molecule has 0 unspecified atom stereocenters. The van der Waals surface area contributed by atoms with E-state index < -0.39 is 0 Å². The second kappa shape index (κ2) is 10.9. The third-order valence-corrected chi connectivity index (χ3v) is 4.02. The van der Waals surface area contributed by atoms with Gasteiger partial charge >= 0.3 is 5.97 Å². The predicted octanol–water partition coefficient (Wildman–Crippen LogP) is 4.34. The lowest BCUT2D eigenvalue weighted by molar-refractivity contribution is -0.139. The van der Waals surface area contributed by atoms with Crippen LogP contribution in [0.2, 0.25) is 0 Å². The number of thioether (sulfide) groups is 1. The molecule has 0 amide bonds. The molecule has 0 fully saturated rings. The maximum absolute atomic E-state index is 11.2. The Morgan fingerprint density at radius 2 is 1.91 bits per heavy atom. The van der Waals surface area contributed by atoms with E-state index in [1.807, 2.05) is 25.1 Å². The molecular weight excluding hydrogens is 312 g/mol. The van der Waals surface area contributed by atoms with Crippen molar-refractivity contribution in [3.63, 3.8) is 0 Å². The topological polar surface area (TPSA) is 52.6 Å². The van der Waals surface area contributed by atoms with Gasteiger partial charge in [-0.25, -0.2) is 4.79 Å². The van der Waals surface area contributed by atoms with Gasteiger partial charge in [0.05, 0.1) is 13.2 Å². The monoisotopic (exact) mass is 336 g/mol. The van der Waals surface area contributed by atoms with Crippen molar-refractivity contribution in [3.8, 4) is 5.75 Å². The summed E-state index contributed by atoms with van der Waals surface area (Å²) in [6, 6.07) is 5.73. The normalized spacial score (nSPS) is 10.2. The molecule has 0 radical (unpaired) electrons. The fraction of sp³-hybridized carbons (Fsp3) is 0.444. The summed E-state index contributed by atoms with van der Waals surface area (Å²) in [6.45, 7) is 8.25. The van der Waals surface area contributed by atoms with E-state index in [1.54, 1.807) is 6.92 Å². The number of hydrogen-bond donors (Lipinski definition) is 0. The van der Waals surface area contributed by atoms with E-state index in [0.29, 0.717) is 18.8 Å². The molecule has 0 saturated heterocycles. The minimum Gasteiger partial charge on any atom is -0.494 e. The van der Waals surface area contributed by atoms with E-state index in [4.69, 9.17) is 9.47 Å². The molecule has 0 aromatic heterocycles. The van der Waals surface area contributed by atoms with Crippen molar-refractivity contribution in [3.05, 3.63) is 35.9 Å². The largest absolute Gasteiger partial charge is 0.494 e. The Morgan fingerprint density at radius 1 is 1.22 bits per heavy atom. The first-order valence-corrected chi connectivity index (χ1v) is 8.59. The summed E-state index contributed by atoms with van der Waals surface area (Å²) in [6.07, 6.45) is 3.84. The molecule has 23 heavy (non-hydrogen) atoms. The van der Waals surface area contributed by atoms with Crippen LogP contribution in [0.15, 0.2) is 35.2 Å². The molecule has 4 nitrogen and oxygen atoms in total. The molecule has 0 aliphatic rings. The maximum atomic E-state index is 11.2. The van der Waals surface area contributed by atoms with Gasteiger partial charge in [-0.05, 0) is 63.3 Å². The average Bonchev–Trinajstić information content (AvgIpc) is 2.52. The smallest absolute Gasteiger partial charge is 0.333 e. The second-order valence-corrected chi connectivity index (χ2v) is 6.19. The van der Waals surface area contributed by atoms with Crippen molar-refractivity contribution in [1.29, 1.82) is 0 Å². The fourth-order valence-corrected chi connectivity index (χ4v) is 2.43. The summed E-state index contributed by atoms with van der Waals surface area (Å²) >= 11 is 1.18. The molecular formula is C18H24O4S. The molecule has 0 heterocycles. The molecule has 0 atom stereocenters. The van der Waals surface area contributed by atoms with Gasteiger partial charge < -0.3 is 9.47 Å². The van der Waals surface area contributed by atoms with Crippen molar-refractivity contribution < 1.29 is 19.1 Å². The first-order chi connectivity index (χ1) is 11.0. The van der Waals surface area contributed by atoms with Crippen LogP contribution in [0.5, 0.6) is 5.75 Å². The predicted molar refractivity (Wildman–Crippen MR) is 93.5 cm³/mol. The van der Waals surface area contributed by atoms with E-state index in [0.717, 1.165) is 47.5 Å². The summed E-state index contributed by atoms with van der Waals surface area (Å²) in [5.41, 5.74) is 2.31. The van der Waals surface area contributed by atoms with Gasteiger partial charge in [0, 0.05) is 10.5 Å². The van der Waals surface area contributed by atoms with Crippen LogP contribution in [0.4, 0.5) is 0 Å². The quantitative estimate of drug-likeness (QED) is 0.198. The van der Waals surface area contributed by atoms with E-state index >= 15 is 0 Å².